The van der Waals surface area contributed by atoms with Crippen molar-refractivity contribution in [3.63, 3.8) is 0 Å². The van der Waals surface area contributed by atoms with Crippen LogP contribution in [0, 0.1) is 11.7 Å². The molecule has 0 bridgehead atoms. The fourth-order valence-electron chi connectivity index (χ4n) is 2.50. The molecule has 5 heteroatoms. The highest BCUT2D eigenvalue weighted by Crippen LogP contribution is 2.25. The third-order valence-corrected chi connectivity index (χ3v) is 3.30. The van der Waals surface area contributed by atoms with Crippen molar-refractivity contribution >= 4 is 5.82 Å². The lowest BCUT2D eigenvalue weighted by Gasteiger charge is -2.34. The molecule has 1 N–H and O–H groups in total. The molecule has 1 aliphatic rings. The van der Waals surface area contributed by atoms with Gasteiger partial charge in [0.1, 0.15) is 11.6 Å². The quantitative estimate of drug-likeness (QED) is 0.886. The van der Waals surface area contributed by atoms with Crippen LogP contribution in [0.15, 0.2) is 12.3 Å². The van der Waals surface area contributed by atoms with E-state index in [1.54, 1.807) is 7.11 Å². The predicted octanol–water partition coefficient (Wildman–Crippen LogP) is 1.58. The Kier molecular flexibility index (Phi) is 4.49. The van der Waals surface area contributed by atoms with Crippen molar-refractivity contribution in [2.75, 3.05) is 31.7 Å². The number of anilines is 1. The van der Waals surface area contributed by atoms with Crippen molar-refractivity contribution in [3.8, 4) is 0 Å². The SMILES string of the molecule is COCC1CCCN(c2ncc(F)cc2CO)C1. The summed E-state index contributed by atoms with van der Waals surface area (Å²) in [6.45, 7) is 2.28. The van der Waals surface area contributed by atoms with E-state index in [1.807, 2.05) is 0 Å². The second kappa shape index (κ2) is 6.11. The van der Waals surface area contributed by atoms with Gasteiger partial charge >= 0.3 is 0 Å². The van der Waals surface area contributed by atoms with Crippen LogP contribution in [0.4, 0.5) is 10.2 Å². The first-order valence-electron chi connectivity index (χ1n) is 6.23. The molecule has 18 heavy (non-hydrogen) atoms. The number of aliphatic hydroxyl groups is 1. The number of aromatic nitrogens is 1. The normalized spacial score (nSPS) is 20.2. The Morgan fingerprint density at radius 1 is 1.61 bits per heavy atom. The fourth-order valence-corrected chi connectivity index (χ4v) is 2.50. The van der Waals surface area contributed by atoms with Gasteiger partial charge in [0.25, 0.3) is 0 Å². The number of piperidine rings is 1. The number of rotatable bonds is 4. The van der Waals surface area contributed by atoms with E-state index >= 15 is 0 Å². The Balaban J connectivity index is 2.15. The molecular formula is C13H19FN2O2. The Morgan fingerprint density at radius 2 is 2.44 bits per heavy atom. The van der Waals surface area contributed by atoms with Crippen molar-refractivity contribution < 1.29 is 14.2 Å². The van der Waals surface area contributed by atoms with Gasteiger partial charge in [-0.25, -0.2) is 9.37 Å². The molecule has 0 radical (unpaired) electrons. The van der Waals surface area contributed by atoms with Gasteiger partial charge in [-0.3, -0.25) is 0 Å². The van der Waals surface area contributed by atoms with E-state index < -0.39 is 5.82 Å². The number of pyridine rings is 1. The maximum Gasteiger partial charge on any atom is 0.142 e. The lowest BCUT2D eigenvalue weighted by atomic mass is 9.98. The molecule has 1 atom stereocenters. The number of nitrogens with zero attached hydrogens (tertiary/aromatic N) is 2. The summed E-state index contributed by atoms with van der Waals surface area (Å²) in [6, 6.07) is 1.35. The second-order valence-electron chi connectivity index (χ2n) is 4.70. The van der Waals surface area contributed by atoms with Crippen molar-refractivity contribution in [1.29, 1.82) is 0 Å². The van der Waals surface area contributed by atoms with Crippen molar-refractivity contribution in [3.05, 3.63) is 23.6 Å². The number of hydrogen-bond donors (Lipinski definition) is 1. The van der Waals surface area contributed by atoms with Crippen LogP contribution >= 0.6 is 0 Å². The first kappa shape index (κ1) is 13.2. The zero-order valence-electron chi connectivity index (χ0n) is 10.6. The molecule has 4 nitrogen and oxygen atoms in total. The van der Waals surface area contributed by atoms with Crippen LogP contribution in [0.3, 0.4) is 0 Å². The van der Waals surface area contributed by atoms with E-state index in [1.165, 1.54) is 12.3 Å². The van der Waals surface area contributed by atoms with Crippen molar-refractivity contribution in [2.45, 2.75) is 19.4 Å². The van der Waals surface area contributed by atoms with Crippen molar-refractivity contribution in [2.24, 2.45) is 5.92 Å². The van der Waals surface area contributed by atoms with Crippen LogP contribution in [0.25, 0.3) is 0 Å². The smallest absolute Gasteiger partial charge is 0.142 e. The third-order valence-electron chi connectivity index (χ3n) is 3.30. The lowest BCUT2D eigenvalue weighted by Crippen LogP contribution is -2.38. The number of hydrogen-bond acceptors (Lipinski definition) is 4. The molecule has 0 saturated carbocycles. The largest absolute Gasteiger partial charge is 0.392 e. The number of halogens is 1. The van der Waals surface area contributed by atoms with E-state index in [0.717, 1.165) is 32.5 Å². The molecule has 0 aromatic carbocycles. The van der Waals surface area contributed by atoms with Gasteiger partial charge in [-0.2, -0.15) is 0 Å². The highest BCUT2D eigenvalue weighted by atomic mass is 19.1. The highest BCUT2D eigenvalue weighted by molar-refractivity contribution is 5.47. The van der Waals surface area contributed by atoms with Crippen LogP contribution in [-0.2, 0) is 11.3 Å². The topological polar surface area (TPSA) is 45.6 Å². The minimum atomic E-state index is -0.409. The summed E-state index contributed by atoms with van der Waals surface area (Å²) in [6.07, 6.45) is 3.41. The molecule has 2 rings (SSSR count). The van der Waals surface area contributed by atoms with Gasteiger partial charge in [0.05, 0.1) is 19.4 Å². The summed E-state index contributed by atoms with van der Waals surface area (Å²) in [5, 5.41) is 9.28. The molecule has 0 aliphatic carbocycles. The summed E-state index contributed by atoms with van der Waals surface area (Å²) < 4.78 is 18.3. The monoisotopic (exact) mass is 254 g/mol. The zero-order chi connectivity index (χ0) is 13.0. The third kappa shape index (κ3) is 2.97. The summed E-state index contributed by atoms with van der Waals surface area (Å²) >= 11 is 0. The zero-order valence-corrected chi connectivity index (χ0v) is 10.6. The Hall–Kier alpha value is -1.20. The Morgan fingerprint density at radius 3 is 3.17 bits per heavy atom. The van der Waals surface area contributed by atoms with E-state index in [9.17, 15) is 9.50 Å². The highest BCUT2D eigenvalue weighted by Gasteiger charge is 2.22. The predicted molar refractivity (Wildman–Crippen MR) is 66.9 cm³/mol. The molecule has 2 heterocycles. The first-order valence-corrected chi connectivity index (χ1v) is 6.23. The van der Waals surface area contributed by atoms with Crippen LogP contribution < -0.4 is 4.90 Å². The Bertz CT molecular complexity index is 399. The van der Waals surface area contributed by atoms with Crippen LogP contribution in [0.5, 0.6) is 0 Å². The van der Waals surface area contributed by atoms with E-state index in [2.05, 4.69) is 9.88 Å². The van der Waals surface area contributed by atoms with Crippen LogP contribution in [0.1, 0.15) is 18.4 Å². The van der Waals surface area contributed by atoms with Gasteiger partial charge in [-0.1, -0.05) is 0 Å². The average molecular weight is 254 g/mol. The lowest BCUT2D eigenvalue weighted by molar-refractivity contribution is 0.143. The Labute approximate surface area is 106 Å². The van der Waals surface area contributed by atoms with Gasteiger partial charge in [0, 0.05) is 25.8 Å². The first-order chi connectivity index (χ1) is 8.74. The molecule has 1 aromatic rings. The number of methoxy groups -OCH3 is 1. The van der Waals surface area contributed by atoms with Gasteiger partial charge < -0.3 is 14.7 Å². The molecule has 0 spiro atoms. The van der Waals surface area contributed by atoms with E-state index in [4.69, 9.17) is 4.74 Å². The molecule has 1 fully saturated rings. The molecule has 1 unspecified atom stereocenters. The van der Waals surface area contributed by atoms with Gasteiger partial charge in [0.15, 0.2) is 0 Å². The summed E-state index contributed by atoms with van der Waals surface area (Å²) in [5.74, 6) is 0.759. The molecule has 100 valence electrons. The maximum atomic E-state index is 13.1. The second-order valence-corrected chi connectivity index (χ2v) is 4.70. The standard InChI is InChI=1S/C13H19FN2O2/c1-18-9-10-3-2-4-16(7-10)13-11(8-17)5-12(14)6-15-13/h5-6,10,17H,2-4,7-9H2,1H3. The summed E-state index contributed by atoms with van der Waals surface area (Å²) in [4.78, 5) is 6.23. The molecule has 1 aromatic heterocycles. The molecule has 0 amide bonds. The maximum absolute atomic E-state index is 13.1. The van der Waals surface area contributed by atoms with Crippen LogP contribution in [0.2, 0.25) is 0 Å². The molecule has 1 aliphatic heterocycles. The summed E-state index contributed by atoms with van der Waals surface area (Å²) in [5.41, 5.74) is 0.549. The van der Waals surface area contributed by atoms with E-state index in [0.29, 0.717) is 17.3 Å². The molecular weight excluding hydrogens is 235 g/mol. The van der Waals surface area contributed by atoms with Gasteiger partial charge in [-0.15, -0.1) is 0 Å². The molecule has 1 saturated heterocycles. The minimum Gasteiger partial charge on any atom is -0.392 e. The summed E-state index contributed by atoms with van der Waals surface area (Å²) in [7, 11) is 1.70. The average Bonchev–Trinajstić information content (AvgIpc) is 2.39. The van der Waals surface area contributed by atoms with Crippen molar-refractivity contribution in [1.82, 2.24) is 4.98 Å². The number of ether oxygens (including phenoxy) is 1. The van der Waals surface area contributed by atoms with Gasteiger partial charge in [-0.05, 0) is 24.8 Å². The van der Waals surface area contributed by atoms with Gasteiger partial charge in [0.2, 0.25) is 0 Å². The fraction of sp³-hybridized carbons (Fsp3) is 0.615. The number of aliphatic hydroxyl groups excluding tert-OH is 1. The minimum absolute atomic E-state index is 0.189. The van der Waals surface area contributed by atoms with E-state index in [-0.39, 0.29) is 6.61 Å². The van der Waals surface area contributed by atoms with Crippen LogP contribution in [-0.4, -0.2) is 36.9 Å².